The van der Waals surface area contributed by atoms with Crippen molar-refractivity contribution in [2.45, 2.75) is 252 Å². The molecule has 1 rings (SSSR count). The number of nitrogens with one attached hydrogen (secondary N) is 3. The summed E-state index contributed by atoms with van der Waals surface area (Å²) >= 11 is 0. The molecule has 0 amide bonds. The van der Waals surface area contributed by atoms with Crippen LogP contribution in [0.1, 0.15) is 0 Å². The molecule has 96 heteroatoms. The van der Waals surface area contributed by atoms with Gasteiger partial charge in [0.25, 0.3) is 0 Å². The summed E-state index contributed by atoms with van der Waals surface area (Å²) in [6.45, 7) is -40.2. The minimum atomic E-state index is -11.2. The van der Waals surface area contributed by atoms with E-state index in [1.54, 1.807) is 0 Å². The third kappa shape index (κ3) is 19.5. The quantitative estimate of drug-likeness (QED) is 0.0407. The van der Waals surface area contributed by atoms with E-state index in [1.807, 2.05) is 0 Å². The van der Waals surface area contributed by atoms with Gasteiger partial charge < -0.3 is 0 Å². The monoisotopic (exact) mass is 2420 g/mol. The van der Waals surface area contributed by atoms with Crippen LogP contribution in [0.25, 0.3) is 0 Å². The van der Waals surface area contributed by atoms with Crippen LogP contribution in [-0.4, -0.2) is 291 Å². The molecule has 0 aromatic heterocycles. The van der Waals surface area contributed by atoms with Crippen molar-refractivity contribution in [1.29, 1.82) is 0 Å². The maximum Gasteiger partial charge on any atom is 0.510 e. The first-order chi connectivity index (χ1) is 61.5. The van der Waals surface area contributed by atoms with Gasteiger partial charge in [-0.15, -0.1) is 0 Å². The Labute approximate surface area is 726 Å². The number of hydrogen-bond donors (Lipinski definition) is 3. The van der Waals surface area contributed by atoms with Gasteiger partial charge in [0.15, 0.2) is 39.6 Å². The average molecular weight is 2420 g/mol. The van der Waals surface area contributed by atoms with Gasteiger partial charge in [-0.2, -0.15) is 343 Å². The predicted octanol–water partition coefficient (Wildman–Crippen LogP) is 28.4. The number of halogens is 84. The van der Waals surface area contributed by atoms with E-state index >= 15 is 158 Å². The molecule has 1 aliphatic rings. The summed E-state index contributed by atoms with van der Waals surface area (Å²) in [6, 6.07) is 0. The molecule has 0 bridgehead atoms. The van der Waals surface area contributed by atoms with Gasteiger partial charge in [-0.05, 0) is 0 Å². The fourth-order valence-electron chi connectivity index (χ4n) is 8.44. The van der Waals surface area contributed by atoms with Crippen LogP contribution in [0, 0.1) is 0 Å². The molecule has 144 heavy (non-hydrogen) atoms. The van der Waals surface area contributed by atoms with Crippen LogP contribution in [0.5, 0.6) is 0 Å². The van der Waals surface area contributed by atoms with Gasteiger partial charge in [-0.1, -0.05) is 0 Å². The Morgan fingerprint density at radius 2 is 0.188 bits per heavy atom. The van der Waals surface area contributed by atoms with Crippen LogP contribution in [-0.2, 0) is 27.1 Å². The molecule has 9 nitrogen and oxygen atoms in total. The smallest absolute Gasteiger partial charge is 0.203 e. The van der Waals surface area contributed by atoms with E-state index < -0.39 is 330 Å². The second kappa shape index (κ2) is 37.8. The molecule has 1 aliphatic heterocycles. The molecule has 0 unspecified atom stereocenters. The molecule has 1 saturated heterocycles. The van der Waals surface area contributed by atoms with Crippen molar-refractivity contribution in [1.82, 2.24) is 14.6 Å². The first kappa shape index (κ1) is 137. The van der Waals surface area contributed by atoms with Crippen LogP contribution in [0.3, 0.4) is 0 Å². The molecule has 0 saturated carbocycles. The summed E-state index contributed by atoms with van der Waals surface area (Å²) < 4.78 is 1240. The maximum atomic E-state index is 16.0. The van der Waals surface area contributed by atoms with Gasteiger partial charge in [0.05, 0.1) is 14.6 Å². The molecule has 0 aromatic carbocycles. The number of hydrogen-bond acceptors (Lipinski definition) is 9. The van der Waals surface area contributed by atoms with Crippen LogP contribution in [0.2, 0.25) is 0 Å². The molecular weight excluding hydrogens is 2400 g/mol. The summed E-state index contributed by atoms with van der Waals surface area (Å²) in [5, 5.41) is 0. The Morgan fingerprint density at radius 1 is 0.118 bits per heavy atom. The second-order valence-electron chi connectivity index (χ2n) is 27.1. The average Bonchev–Trinajstić information content (AvgIpc) is 0.821. The first-order valence-corrected chi connectivity index (χ1v) is 36.6. The van der Waals surface area contributed by atoms with Gasteiger partial charge in [-0.25, -0.2) is 52.7 Å². The van der Waals surface area contributed by atoms with Crippen molar-refractivity contribution in [2.24, 2.45) is 0 Å². The zero-order valence-corrected chi connectivity index (χ0v) is 65.4. The lowest BCUT2D eigenvalue weighted by atomic mass is 9.91. The molecule has 0 aliphatic carbocycles. The van der Waals surface area contributed by atoms with Crippen molar-refractivity contribution >= 4 is 24.1 Å². The molecule has 864 valence electrons. The standard InChI is InChI=1S/C48H21F84N3O6P3/c49-7(50)19(73,74)31(97,98)43(121,122)37(109,110)25(85,86)13(61,62)1-136-142(137-2-14(63,64)26(87,88)38(111,112)44(123,124)32(99,100)20(75,76)8(51)52)133-143(138-3-15(65,66)27(89,90)39(113,114)45(125,126)33(101,102)21(77,78)9(53)54,139-4-16(67,68)28(91,92)40(115,116)46(127,128)34(103,104)22(79,80)10(55)56)135-144(134-142,140-5-17(69,70)29(93,94)41(117,118)47(129,130)35(105,106)23(81,82)11(57)58)141-6-18(71,72)30(95,96)42(119,120)48(131,132)36(107,108)24(83,84)12(59)60/h7-12,133-135H,1-6H2/q+3. The van der Waals surface area contributed by atoms with Gasteiger partial charge >= 0.3 is 276 Å². The summed E-state index contributed by atoms with van der Waals surface area (Å²) in [5.41, 5.74) is 0. The highest BCUT2D eigenvalue weighted by atomic mass is 31.3. The van der Waals surface area contributed by atoms with Crippen LogP contribution < -0.4 is 14.6 Å². The molecule has 1 heterocycles. The maximum absolute atomic E-state index is 16.0. The SMILES string of the molecule is FC(F)C(F)(F)C(F)(F)C(F)(F)C(F)(F)C(F)(F)C(F)(F)CO[P+]1(OCC(F)(F)C(F)(F)C(F)(F)C(F)(F)C(F)(F)C(F)(F)C(F)F)N[P+](OCC(F)(F)C(F)(F)C(F)(F)C(F)(F)C(F)(F)C(F)(F)C(F)F)(OCC(F)(F)C(F)(F)C(F)(F)C(F)(F)C(F)(F)C(F)(F)C(F)F)N[P+](OCC(F)(F)C(F)(F)C(F)(F)C(F)(F)C(F)(F)C(F)(F)C(F)F)(OCC(F)(F)C(F)(F)C(F)(F)C(F)(F)C(F)(F)C(F)(F)C(F)F)N1. The van der Waals surface area contributed by atoms with Crippen LogP contribution >= 0.6 is 24.1 Å². The van der Waals surface area contributed by atoms with Gasteiger partial charge in [0.1, 0.15) is 0 Å². The Bertz CT molecular complexity index is 3660. The fourth-order valence-corrected chi connectivity index (χ4v) is 19.4. The number of rotatable bonds is 54. The molecule has 0 spiro atoms. The molecule has 0 aromatic rings. The summed E-state index contributed by atoms with van der Waals surface area (Å²) in [6.07, 6.45) is -43.0. The van der Waals surface area contributed by atoms with E-state index in [4.69, 9.17) is 0 Å². The Kier molecular flexibility index (Phi) is 35.9. The largest absolute Gasteiger partial charge is 0.510 e. The lowest BCUT2D eigenvalue weighted by molar-refractivity contribution is -0.434. The third-order valence-corrected chi connectivity index (χ3v) is 26.6. The summed E-state index contributed by atoms with van der Waals surface area (Å²) in [4.78, 5) is -5.31. The molecule has 0 radical (unpaired) electrons. The van der Waals surface area contributed by atoms with E-state index in [2.05, 4.69) is 27.1 Å². The molecule has 3 N–H and O–H groups in total. The minimum absolute atomic E-state index is 1.77. The van der Waals surface area contributed by atoms with Gasteiger partial charge in [0.2, 0.25) is 0 Å². The normalized spacial score (nSPS) is 18.4. The van der Waals surface area contributed by atoms with Crippen molar-refractivity contribution in [2.75, 3.05) is 39.6 Å². The highest BCUT2D eigenvalue weighted by Crippen LogP contribution is 2.85. The van der Waals surface area contributed by atoms with E-state index in [-0.39, 0.29) is 0 Å². The number of alkyl halides is 84. The molecule has 1 fully saturated rings. The van der Waals surface area contributed by atoms with Crippen molar-refractivity contribution in [3.63, 3.8) is 0 Å². The van der Waals surface area contributed by atoms with E-state index in [1.165, 1.54) is 0 Å². The zero-order chi connectivity index (χ0) is 118. The third-order valence-electron chi connectivity index (χ3n) is 17.4. The zero-order valence-electron chi connectivity index (χ0n) is 62.7. The topological polar surface area (TPSA) is 91.5 Å². The fraction of sp³-hybridized carbons (Fsp3) is 1.00. The van der Waals surface area contributed by atoms with E-state index in [0.29, 0.717) is 0 Å². The van der Waals surface area contributed by atoms with Crippen molar-refractivity contribution in [3.8, 4) is 0 Å². The lowest BCUT2D eigenvalue weighted by Crippen LogP contribution is -2.72. The van der Waals surface area contributed by atoms with Crippen LogP contribution in [0.15, 0.2) is 0 Å². The van der Waals surface area contributed by atoms with Crippen molar-refractivity contribution < 1.29 is 396 Å². The highest BCUT2D eigenvalue weighted by molar-refractivity contribution is 7.92. The van der Waals surface area contributed by atoms with Gasteiger partial charge in [0, 0.05) is 0 Å². The highest BCUT2D eigenvalue weighted by Gasteiger charge is 3.01. The predicted molar refractivity (Wildman–Crippen MR) is 280 cm³/mol. The van der Waals surface area contributed by atoms with Crippen LogP contribution in [0.4, 0.5) is 369 Å². The Balaban J connectivity index is 6.51. The summed E-state index contributed by atoms with van der Waals surface area (Å²) in [7, 11) is -33.7. The van der Waals surface area contributed by atoms with Crippen molar-refractivity contribution in [3.05, 3.63) is 0 Å². The molecule has 0 atom stereocenters. The lowest BCUT2D eigenvalue weighted by Gasteiger charge is -2.43. The minimum Gasteiger partial charge on any atom is -0.203 e. The Morgan fingerprint density at radius 3 is 0.257 bits per heavy atom. The second-order valence-corrected chi connectivity index (χ2v) is 34.4. The first-order valence-electron chi connectivity index (χ1n) is 31.7. The Hall–Kier alpha value is -4.95. The molecular formula is C48H21F84N3O6P3+3. The van der Waals surface area contributed by atoms with E-state index in [9.17, 15) is 211 Å². The summed E-state index contributed by atoms with van der Waals surface area (Å²) in [5.74, 6) is -357. The van der Waals surface area contributed by atoms with E-state index in [0.717, 1.165) is 0 Å². The van der Waals surface area contributed by atoms with Gasteiger partial charge in [-0.3, -0.25) is 0 Å².